The van der Waals surface area contributed by atoms with Crippen molar-refractivity contribution in [3.05, 3.63) is 34.7 Å². The number of amides is 2. The number of nitrogens with zero attached hydrogens (tertiary/aromatic N) is 4. The van der Waals surface area contributed by atoms with Crippen molar-refractivity contribution < 1.29 is 19.1 Å². The van der Waals surface area contributed by atoms with Gasteiger partial charge in [-0.25, -0.2) is 4.98 Å². The Hall–Kier alpha value is -2.53. The first-order chi connectivity index (χ1) is 18.1. The Morgan fingerprint density at radius 3 is 2.66 bits per heavy atom. The van der Waals surface area contributed by atoms with E-state index in [2.05, 4.69) is 16.8 Å². The molecule has 2 N–H and O–H groups in total. The van der Waals surface area contributed by atoms with Crippen molar-refractivity contribution in [1.82, 2.24) is 14.8 Å². The summed E-state index contributed by atoms with van der Waals surface area (Å²) in [6.45, 7) is 8.04. The van der Waals surface area contributed by atoms with E-state index in [0.717, 1.165) is 42.6 Å². The van der Waals surface area contributed by atoms with E-state index in [4.69, 9.17) is 27.1 Å². The molecule has 0 spiro atoms. The molecule has 0 unspecified atom stereocenters. The number of likely N-dealkylation sites (N-methyl/N-ethyl adjacent to an activating group) is 1. The topological polar surface area (TPSA) is 109 Å². The molecule has 5 rings (SSSR count). The maximum Gasteiger partial charge on any atom is 0.249 e. The minimum absolute atomic E-state index is 0.0430. The number of likely N-dealkylation sites (tertiary alicyclic amines) is 1. The molecule has 4 atom stereocenters. The summed E-state index contributed by atoms with van der Waals surface area (Å²) in [5.74, 6) is -1.48. The summed E-state index contributed by atoms with van der Waals surface area (Å²) in [4.78, 5) is 50.2. The molecular weight excluding hydrogens is 526 g/mol. The Kier molecular flexibility index (Phi) is 7.77. The molecular formula is C27H34ClN5O4S. The van der Waals surface area contributed by atoms with Crippen LogP contribution in [0.1, 0.15) is 42.1 Å². The number of alkyl halides is 1. The van der Waals surface area contributed by atoms with Crippen molar-refractivity contribution in [1.29, 1.82) is 0 Å². The second-order valence-electron chi connectivity index (χ2n) is 10.8. The number of anilines is 1. The van der Waals surface area contributed by atoms with Crippen LogP contribution >= 0.6 is 22.9 Å². The van der Waals surface area contributed by atoms with E-state index in [-0.39, 0.29) is 30.8 Å². The fraction of sp³-hybridized carbons (Fsp3) is 0.556. The molecule has 3 aliphatic heterocycles. The van der Waals surface area contributed by atoms with E-state index in [1.165, 1.54) is 0 Å². The summed E-state index contributed by atoms with van der Waals surface area (Å²) < 4.78 is 5.58. The van der Waals surface area contributed by atoms with Crippen molar-refractivity contribution in [2.75, 3.05) is 51.3 Å². The predicted molar refractivity (Wildman–Crippen MR) is 148 cm³/mol. The molecule has 9 nitrogen and oxygen atoms in total. The van der Waals surface area contributed by atoms with Gasteiger partial charge < -0.3 is 25.2 Å². The third-order valence-corrected chi connectivity index (χ3v) is 8.95. The number of ketones is 1. The molecule has 4 heterocycles. The number of ether oxygens (including phenoxy) is 1. The van der Waals surface area contributed by atoms with Gasteiger partial charge >= 0.3 is 0 Å². The Bertz CT molecular complexity index is 1230. The molecule has 11 heteroatoms. The van der Waals surface area contributed by atoms with Gasteiger partial charge in [0.1, 0.15) is 18.8 Å². The van der Waals surface area contributed by atoms with Gasteiger partial charge in [-0.15, -0.1) is 22.9 Å². The number of benzene rings is 1. The van der Waals surface area contributed by atoms with Crippen molar-refractivity contribution in [3.63, 3.8) is 0 Å². The highest BCUT2D eigenvalue weighted by Crippen LogP contribution is 2.38. The van der Waals surface area contributed by atoms with E-state index in [9.17, 15) is 14.4 Å². The van der Waals surface area contributed by atoms with E-state index in [1.54, 1.807) is 22.3 Å². The van der Waals surface area contributed by atoms with Gasteiger partial charge in [-0.1, -0.05) is 19.9 Å². The van der Waals surface area contributed by atoms with Gasteiger partial charge in [-0.2, -0.15) is 0 Å². The summed E-state index contributed by atoms with van der Waals surface area (Å²) >= 11 is 8.06. The number of halogens is 1. The number of rotatable bonds is 7. The molecule has 0 saturated carbocycles. The van der Waals surface area contributed by atoms with Gasteiger partial charge in [0.05, 0.1) is 17.0 Å². The average molecular weight is 560 g/mol. The number of primary amides is 1. The van der Waals surface area contributed by atoms with Crippen LogP contribution in [0.2, 0.25) is 0 Å². The molecule has 1 aromatic carbocycles. The highest BCUT2D eigenvalue weighted by Gasteiger charge is 2.52. The van der Waals surface area contributed by atoms with E-state index in [0.29, 0.717) is 17.5 Å². The van der Waals surface area contributed by atoms with Crippen LogP contribution in [0.3, 0.4) is 0 Å². The van der Waals surface area contributed by atoms with Crippen LogP contribution in [0.25, 0.3) is 11.3 Å². The summed E-state index contributed by atoms with van der Waals surface area (Å²) in [5.41, 5.74) is 8.25. The number of Topliss-reactive ketones (excluding diaryl/α,β-unsaturated/α-hetero) is 1. The quantitative estimate of drug-likeness (QED) is 0.519. The number of carbonyl (C=O) groups excluding carboxylic acids is 3. The van der Waals surface area contributed by atoms with Gasteiger partial charge in [0, 0.05) is 49.2 Å². The molecule has 204 valence electrons. The number of thiazole rings is 1. The smallest absolute Gasteiger partial charge is 0.249 e. The molecule has 0 radical (unpaired) electrons. The fourth-order valence-electron chi connectivity index (χ4n) is 5.63. The molecule has 1 aromatic heterocycles. The molecule has 0 aliphatic carbocycles. The number of aromatic nitrogens is 1. The van der Waals surface area contributed by atoms with E-state index >= 15 is 0 Å². The Labute approximate surface area is 231 Å². The van der Waals surface area contributed by atoms with Crippen LogP contribution in [0.15, 0.2) is 23.6 Å². The summed E-state index contributed by atoms with van der Waals surface area (Å²) in [6.07, 6.45) is -0.0139. The van der Waals surface area contributed by atoms with Crippen molar-refractivity contribution >= 4 is 45.7 Å². The average Bonchev–Trinajstić information content (AvgIpc) is 3.60. The number of carbonyl (C=O) groups is 3. The van der Waals surface area contributed by atoms with Crippen LogP contribution in [-0.2, 0) is 14.3 Å². The second kappa shape index (κ2) is 10.9. The first-order valence-electron chi connectivity index (χ1n) is 13.1. The standard InChI is InChI=1S/C27H34ClN5O4S/c1-15(2)10-19(26(36)33-12-20(28)24-23(33)22(34)13-37-24)18-11-16(4-5-17(18)25(29)35)21-14-38-27(30-21)32-8-6-31(3)7-9-32/h4-5,11,14-15,19-20,23-24H,6-10,12-13H2,1-3H3,(H2,29,35)/t19-,20+,23+,24+/m0/s1. The molecule has 3 saturated heterocycles. The van der Waals surface area contributed by atoms with Gasteiger partial charge in [0.15, 0.2) is 10.9 Å². The van der Waals surface area contributed by atoms with Gasteiger partial charge in [-0.05, 0) is 37.1 Å². The normalized spacial score (nSPS) is 24.8. The lowest BCUT2D eigenvalue weighted by Gasteiger charge is -2.32. The van der Waals surface area contributed by atoms with Crippen LogP contribution in [-0.4, -0.2) is 96.3 Å². The number of fused-ring (bicyclic) bond motifs is 1. The molecule has 3 fully saturated rings. The van der Waals surface area contributed by atoms with Gasteiger partial charge in [-0.3, -0.25) is 14.4 Å². The SMILES string of the molecule is CC(C)C[C@H](C(=O)N1C[C@@H](Cl)[C@H]2OCC(=O)[C@H]21)c1cc(-c2csc(N3CCN(C)CC3)n2)ccc1C(N)=O. The van der Waals surface area contributed by atoms with Crippen LogP contribution in [0.5, 0.6) is 0 Å². The van der Waals surface area contributed by atoms with Crippen LogP contribution < -0.4 is 10.6 Å². The summed E-state index contributed by atoms with van der Waals surface area (Å²) in [7, 11) is 2.12. The number of hydrogen-bond donors (Lipinski definition) is 1. The molecule has 0 bridgehead atoms. The van der Waals surface area contributed by atoms with Crippen LogP contribution in [0, 0.1) is 5.92 Å². The highest BCUT2D eigenvalue weighted by molar-refractivity contribution is 7.14. The fourth-order valence-corrected chi connectivity index (χ4v) is 6.88. The zero-order chi connectivity index (χ0) is 27.1. The molecule has 38 heavy (non-hydrogen) atoms. The van der Waals surface area contributed by atoms with Crippen LogP contribution in [0.4, 0.5) is 5.13 Å². The zero-order valence-electron chi connectivity index (χ0n) is 21.9. The van der Waals surface area contributed by atoms with Gasteiger partial charge in [0.2, 0.25) is 11.8 Å². The summed E-state index contributed by atoms with van der Waals surface area (Å²) in [5, 5.41) is 2.51. The van der Waals surface area contributed by atoms with Crippen molar-refractivity contribution in [3.8, 4) is 11.3 Å². The maximum atomic E-state index is 14.1. The molecule has 2 amide bonds. The first kappa shape index (κ1) is 27.1. The first-order valence-corrected chi connectivity index (χ1v) is 14.4. The van der Waals surface area contributed by atoms with E-state index in [1.807, 2.05) is 31.4 Å². The highest BCUT2D eigenvalue weighted by atomic mass is 35.5. The third-order valence-electron chi connectivity index (χ3n) is 7.66. The maximum absolute atomic E-state index is 14.1. The van der Waals surface area contributed by atoms with Crippen molar-refractivity contribution in [2.45, 2.75) is 43.7 Å². The Morgan fingerprint density at radius 1 is 1.24 bits per heavy atom. The summed E-state index contributed by atoms with van der Waals surface area (Å²) in [6, 6.07) is 4.69. The Morgan fingerprint density at radius 2 is 1.97 bits per heavy atom. The minimum Gasteiger partial charge on any atom is -0.366 e. The monoisotopic (exact) mass is 559 g/mol. The van der Waals surface area contributed by atoms with E-state index < -0.39 is 29.3 Å². The molecule has 3 aliphatic rings. The lowest BCUT2D eigenvalue weighted by molar-refractivity contribution is -0.138. The van der Waals surface area contributed by atoms with Gasteiger partial charge in [0.25, 0.3) is 0 Å². The minimum atomic E-state index is -0.690. The largest absolute Gasteiger partial charge is 0.366 e. The number of nitrogens with two attached hydrogens (primary N) is 1. The number of hydrogen-bond acceptors (Lipinski definition) is 8. The second-order valence-corrected chi connectivity index (χ2v) is 12.2. The third kappa shape index (κ3) is 5.19. The lowest BCUT2D eigenvalue weighted by Crippen LogP contribution is -2.44. The molecule has 2 aromatic rings. The lowest BCUT2D eigenvalue weighted by atomic mass is 9.84. The predicted octanol–water partition coefficient (Wildman–Crippen LogP) is 2.58. The van der Waals surface area contributed by atoms with Crippen molar-refractivity contribution in [2.24, 2.45) is 11.7 Å². The zero-order valence-corrected chi connectivity index (χ0v) is 23.5. The number of piperazine rings is 1. The Balaban J connectivity index is 1.49.